The van der Waals surface area contributed by atoms with Gasteiger partial charge in [-0.25, -0.2) is 0 Å². The fourth-order valence-corrected chi connectivity index (χ4v) is 2.41. The third-order valence-corrected chi connectivity index (χ3v) is 3.25. The molecular weight excluding hydrogens is 216 g/mol. The van der Waals surface area contributed by atoms with Crippen molar-refractivity contribution in [3.05, 3.63) is 29.8 Å². The highest BCUT2D eigenvalue weighted by atomic mass is 16.3. The molecule has 0 amide bonds. The summed E-state index contributed by atoms with van der Waals surface area (Å²) in [5, 5.41) is 22.0. The first-order valence-electron chi connectivity index (χ1n) is 6.16. The van der Waals surface area contributed by atoms with Gasteiger partial charge in [0.05, 0.1) is 0 Å². The highest BCUT2D eigenvalue weighted by molar-refractivity contribution is 5.29. The van der Waals surface area contributed by atoms with Crippen LogP contribution in [0.2, 0.25) is 0 Å². The average molecular weight is 236 g/mol. The van der Waals surface area contributed by atoms with Crippen molar-refractivity contribution in [3.63, 3.8) is 0 Å². The molecule has 1 aromatic carbocycles. The molecule has 1 saturated heterocycles. The number of aliphatic hydroxyl groups is 1. The van der Waals surface area contributed by atoms with Crippen LogP contribution in [0.5, 0.6) is 5.75 Å². The molecule has 2 rings (SSSR count). The van der Waals surface area contributed by atoms with E-state index in [9.17, 15) is 10.2 Å². The normalized spacial score (nSPS) is 19.1. The summed E-state index contributed by atoms with van der Waals surface area (Å²) in [5.74, 6) is 0.292. The highest BCUT2D eigenvalue weighted by Crippen LogP contribution is 2.26. The Morgan fingerprint density at radius 1 is 1.29 bits per heavy atom. The molecular formula is C13H20N2O2. The van der Waals surface area contributed by atoms with Crippen molar-refractivity contribution < 1.29 is 10.2 Å². The Bertz CT molecular complexity index is 351. The highest BCUT2D eigenvalue weighted by Gasteiger charge is 2.21. The first kappa shape index (κ1) is 12.4. The van der Waals surface area contributed by atoms with Crippen molar-refractivity contribution in [2.45, 2.75) is 12.5 Å². The minimum atomic E-state index is 0.171. The van der Waals surface area contributed by atoms with E-state index < -0.39 is 0 Å². The van der Waals surface area contributed by atoms with E-state index in [1.807, 2.05) is 12.1 Å². The summed E-state index contributed by atoms with van der Waals surface area (Å²) in [6.07, 6.45) is 0.712. The zero-order valence-corrected chi connectivity index (χ0v) is 9.97. The fraction of sp³-hybridized carbons (Fsp3) is 0.538. The molecule has 1 aliphatic heterocycles. The summed E-state index contributed by atoms with van der Waals surface area (Å²) in [7, 11) is 0. The second kappa shape index (κ2) is 6.00. The Balaban J connectivity index is 2.15. The molecule has 1 atom stereocenters. The Morgan fingerprint density at radius 2 is 2.06 bits per heavy atom. The minimum Gasteiger partial charge on any atom is -0.508 e. The molecule has 1 aromatic rings. The van der Waals surface area contributed by atoms with Gasteiger partial charge in [0.1, 0.15) is 5.75 Å². The zero-order chi connectivity index (χ0) is 12.1. The van der Waals surface area contributed by atoms with Crippen LogP contribution < -0.4 is 5.32 Å². The van der Waals surface area contributed by atoms with E-state index in [0.717, 1.165) is 31.7 Å². The van der Waals surface area contributed by atoms with Crippen LogP contribution in [-0.2, 0) is 0 Å². The fourth-order valence-electron chi connectivity index (χ4n) is 2.41. The van der Waals surface area contributed by atoms with Gasteiger partial charge in [0.25, 0.3) is 0 Å². The molecule has 0 saturated carbocycles. The van der Waals surface area contributed by atoms with Gasteiger partial charge in [-0.3, -0.25) is 4.90 Å². The number of nitrogens with zero attached hydrogens (tertiary/aromatic N) is 1. The lowest BCUT2D eigenvalue weighted by Gasteiger charge is -2.35. The van der Waals surface area contributed by atoms with Crippen molar-refractivity contribution in [2.75, 3.05) is 32.8 Å². The number of phenolic OH excluding ortho intramolecular Hbond substituents is 1. The van der Waals surface area contributed by atoms with Gasteiger partial charge in [-0.2, -0.15) is 0 Å². The number of aromatic hydroxyl groups is 1. The van der Waals surface area contributed by atoms with Crippen LogP contribution in [0.15, 0.2) is 24.3 Å². The Hall–Kier alpha value is -1.10. The lowest BCUT2D eigenvalue weighted by molar-refractivity contribution is 0.141. The molecule has 17 heavy (non-hydrogen) atoms. The quantitative estimate of drug-likeness (QED) is 0.721. The van der Waals surface area contributed by atoms with E-state index in [1.54, 1.807) is 12.1 Å². The standard InChI is InChI=1S/C13H20N2O2/c16-9-4-13(15-7-5-14-6-8-15)11-2-1-3-12(17)10-11/h1-3,10,13-14,16-17H,4-9H2/t13-/m1/s1. The molecule has 3 N–H and O–H groups in total. The summed E-state index contributed by atoms with van der Waals surface area (Å²) in [5.41, 5.74) is 1.08. The Labute approximate surface area is 102 Å². The minimum absolute atomic E-state index is 0.171. The molecule has 0 bridgehead atoms. The van der Waals surface area contributed by atoms with Gasteiger partial charge in [0.15, 0.2) is 0 Å². The maximum Gasteiger partial charge on any atom is 0.115 e. The van der Waals surface area contributed by atoms with E-state index in [2.05, 4.69) is 10.2 Å². The Morgan fingerprint density at radius 3 is 2.71 bits per heavy atom. The molecule has 4 heteroatoms. The van der Waals surface area contributed by atoms with Crippen LogP contribution in [0.3, 0.4) is 0 Å². The number of benzene rings is 1. The van der Waals surface area contributed by atoms with Crippen molar-refractivity contribution in [1.29, 1.82) is 0 Å². The second-order valence-corrected chi connectivity index (χ2v) is 4.41. The molecule has 1 aliphatic rings. The van der Waals surface area contributed by atoms with Gasteiger partial charge in [-0.05, 0) is 24.1 Å². The molecule has 1 fully saturated rings. The lowest BCUT2D eigenvalue weighted by Crippen LogP contribution is -2.45. The molecule has 4 nitrogen and oxygen atoms in total. The number of phenols is 1. The van der Waals surface area contributed by atoms with Gasteiger partial charge in [-0.15, -0.1) is 0 Å². The SMILES string of the molecule is OCC[C@H](c1cccc(O)c1)N1CCNCC1. The summed E-state index contributed by atoms with van der Waals surface area (Å²) in [6, 6.07) is 7.55. The number of hydrogen-bond donors (Lipinski definition) is 3. The third kappa shape index (κ3) is 3.19. The predicted octanol–water partition coefficient (Wildman–Crippen LogP) is 0.721. The summed E-state index contributed by atoms with van der Waals surface area (Å²) >= 11 is 0. The maximum absolute atomic E-state index is 9.54. The molecule has 0 unspecified atom stereocenters. The molecule has 0 spiro atoms. The molecule has 0 radical (unpaired) electrons. The molecule has 0 aromatic heterocycles. The topological polar surface area (TPSA) is 55.7 Å². The number of rotatable bonds is 4. The first-order chi connectivity index (χ1) is 8.31. The number of nitrogens with one attached hydrogen (secondary N) is 1. The van der Waals surface area contributed by atoms with E-state index in [0.29, 0.717) is 12.2 Å². The molecule has 1 heterocycles. The van der Waals surface area contributed by atoms with Gasteiger partial charge in [-0.1, -0.05) is 12.1 Å². The zero-order valence-electron chi connectivity index (χ0n) is 9.97. The van der Waals surface area contributed by atoms with Crippen molar-refractivity contribution in [2.24, 2.45) is 0 Å². The number of aliphatic hydroxyl groups excluding tert-OH is 1. The van der Waals surface area contributed by atoms with E-state index in [-0.39, 0.29) is 12.6 Å². The van der Waals surface area contributed by atoms with Gasteiger partial charge < -0.3 is 15.5 Å². The molecule has 94 valence electrons. The maximum atomic E-state index is 9.54. The summed E-state index contributed by atoms with van der Waals surface area (Å²) in [4.78, 5) is 2.36. The van der Waals surface area contributed by atoms with Gasteiger partial charge in [0, 0.05) is 38.8 Å². The van der Waals surface area contributed by atoms with Crippen LogP contribution in [0.1, 0.15) is 18.0 Å². The summed E-state index contributed by atoms with van der Waals surface area (Å²) < 4.78 is 0. The Kier molecular flexibility index (Phi) is 4.36. The van der Waals surface area contributed by atoms with Crippen molar-refractivity contribution >= 4 is 0 Å². The number of hydrogen-bond acceptors (Lipinski definition) is 4. The first-order valence-corrected chi connectivity index (χ1v) is 6.16. The van der Waals surface area contributed by atoms with E-state index in [4.69, 9.17) is 0 Å². The van der Waals surface area contributed by atoms with Crippen LogP contribution in [0.25, 0.3) is 0 Å². The largest absolute Gasteiger partial charge is 0.508 e. The summed E-state index contributed by atoms with van der Waals surface area (Å²) in [6.45, 7) is 4.12. The lowest BCUT2D eigenvalue weighted by atomic mass is 10.0. The molecule has 0 aliphatic carbocycles. The van der Waals surface area contributed by atoms with Crippen LogP contribution >= 0.6 is 0 Å². The monoisotopic (exact) mass is 236 g/mol. The van der Waals surface area contributed by atoms with Gasteiger partial charge >= 0.3 is 0 Å². The van der Waals surface area contributed by atoms with Crippen LogP contribution in [0.4, 0.5) is 0 Å². The smallest absolute Gasteiger partial charge is 0.115 e. The second-order valence-electron chi connectivity index (χ2n) is 4.41. The predicted molar refractivity (Wildman–Crippen MR) is 67.0 cm³/mol. The number of piperazine rings is 1. The van der Waals surface area contributed by atoms with Gasteiger partial charge in [0.2, 0.25) is 0 Å². The third-order valence-electron chi connectivity index (χ3n) is 3.25. The van der Waals surface area contributed by atoms with Crippen molar-refractivity contribution in [1.82, 2.24) is 10.2 Å². The van der Waals surface area contributed by atoms with Crippen LogP contribution in [-0.4, -0.2) is 47.9 Å². The van der Waals surface area contributed by atoms with Crippen molar-refractivity contribution in [3.8, 4) is 5.75 Å². The van der Waals surface area contributed by atoms with E-state index >= 15 is 0 Å². The van der Waals surface area contributed by atoms with Crippen LogP contribution in [0, 0.1) is 0 Å². The average Bonchev–Trinajstić information content (AvgIpc) is 2.37. The van der Waals surface area contributed by atoms with E-state index in [1.165, 1.54) is 0 Å².